The van der Waals surface area contributed by atoms with E-state index >= 15 is 0 Å². The number of carbonyl (C=O) groups excluding carboxylic acids is 1. The Balaban J connectivity index is 1.72. The first-order valence-electron chi connectivity index (χ1n) is 7.30. The van der Waals surface area contributed by atoms with E-state index in [4.69, 9.17) is 0 Å². The van der Waals surface area contributed by atoms with Gasteiger partial charge in [-0.25, -0.2) is 5.06 Å². The maximum absolute atomic E-state index is 12.2. The maximum atomic E-state index is 12.2. The smallest absolute Gasteiger partial charge is 0.285 e. The summed E-state index contributed by atoms with van der Waals surface area (Å²) in [7, 11) is 0. The van der Waals surface area contributed by atoms with E-state index in [2.05, 4.69) is 4.98 Å². The number of amides is 1. The summed E-state index contributed by atoms with van der Waals surface area (Å²) in [4.78, 5) is 16.4. The van der Waals surface area contributed by atoms with Gasteiger partial charge < -0.3 is 0 Å². The molecule has 0 aliphatic rings. The fourth-order valence-corrected chi connectivity index (χ4v) is 2.28. The van der Waals surface area contributed by atoms with Crippen molar-refractivity contribution in [2.45, 2.75) is 6.54 Å². The number of hydrogen-bond acceptors (Lipinski definition) is 3. The molecule has 0 saturated heterocycles. The number of hydroxylamine groups is 2. The first-order valence-corrected chi connectivity index (χ1v) is 7.30. The van der Waals surface area contributed by atoms with Crippen LogP contribution in [-0.2, 0) is 6.54 Å². The Morgan fingerprint density at radius 2 is 1.52 bits per heavy atom. The summed E-state index contributed by atoms with van der Waals surface area (Å²) in [6.45, 7) is 0.127. The summed E-state index contributed by atoms with van der Waals surface area (Å²) >= 11 is 0. The Morgan fingerprint density at radius 1 is 0.870 bits per heavy atom. The predicted octanol–water partition coefficient (Wildman–Crippen LogP) is 3.78. The molecule has 1 aromatic heterocycles. The van der Waals surface area contributed by atoms with Gasteiger partial charge in [0.1, 0.15) is 5.69 Å². The molecule has 0 saturated carbocycles. The van der Waals surface area contributed by atoms with E-state index in [-0.39, 0.29) is 12.2 Å². The standard InChI is InChI=1S/C19H16N2O2/c22-19(21(23)14-15-7-3-1-4-8-15)18-12-11-17(13-20-18)16-9-5-2-6-10-16/h1-13,23H,14H2. The molecular weight excluding hydrogens is 288 g/mol. The number of rotatable bonds is 4. The van der Waals surface area contributed by atoms with Gasteiger partial charge in [0.2, 0.25) is 0 Å². The molecule has 1 heterocycles. The van der Waals surface area contributed by atoms with Gasteiger partial charge in [-0.2, -0.15) is 0 Å². The molecule has 114 valence electrons. The van der Waals surface area contributed by atoms with Crippen LogP contribution in [-0.4, -0.2) is 21.2 Å². The molecule has 0 unspecified atom stereocenters. The minimum absolute atomic E-state index is 0.127. The normalized spacial score (nSPS) is 10.3. The molecule has 3 rings (SSSR count). The van der Waals surface area contributed by atoms with Crippen molar-refractivity contribution in [1.29, 1.82) is 0 Å². The van der Waals surface area contributed by atoms with Crippen LogP contribution >= 0.6 is 0 Å². The van der Waals surface area contributed by atoms with Gasteiger partial charge >= 0.3 is 0 Å². The first-order chi connectivity index (χ1) is 11.2. The van der Waals surface area contributed by atoms with Crippen molar-refractivity contribution in [3.05, 3.63) is 90.3 Å². The van der Waals surface area contributed by atoms with Gasteiger partial charge in [-0.1, -0.05) is 66.7 Å². The fraction of sp³-hybridized carbons (Fsp3) is 0.0526. The van der Waals surface area contributed by atoms with Crippen LogP contribution in [0.3, 0.4) is 0 Å². The third kappa shape index (κ3) is 3.62. The van der Waals surface area contributed by atoms with Crippen LogP contribution in [0.2, 0.25) is 0 Å². The van der Waals surface area contributed by atoms with E-state index in [1.54, 1.807) is 12.3 Å². The van der Waals surface area contributed by atoms with Gasteiger partial charge in [0.05, 0.1) is 6.54 Å². The minimum Gasteiger partial charge on any atom is -0.285 e. The molecule has 0 atom stereocenters. The van der Waals surface area contributed by atoms with Crippen LogP contribution in [0.1, 0.15) is 16.1 Å². The molecule has 2 aromatic carbocycles. The summed E-state index contributed by atoms with van der Waals surface area (Å²) in [5, 5.41) is 10.6. The van der Waals surface area contributed by atoms with Crippen LogP contribution in [0, 0.1) is 0 Å². The van der Waals surface area contributed by atoms with Gasteiger partial charge in [0, 0.05) is 11.8 Å². The Morgan fingerprint density at radius 3 is 2.13 bits per heavy atom. The molecule has 0 bridgehead atoms. The first kappa shape index (κ1) is 14.9. The number of aromatic nitrogens is 1. The second-order valence-corrected chi connectivity index (χ2v) is 5.15. The van der Waals surface area contributed by atoms with Crippen LogP contribution < -0.4 is 0 Å². The Bertz CT molecular complexity index is 771. The Kier molecular flexibility index (Phi) is 4.45. The number of hydrogen-bond donors (Lipinski definition) is 1. The van der Waals surface area contributed by atoms with E-state index in [9.17, 15) is 10.0 Å². The zero-order valence-electron chi connectivity index (χ0n) is 12.5. The van der Waals surface area contributed by atoms with Crippen LogP contribution in [0.15, 0.2) is 79.0 Å². The number of pyridine rings is 1. The van der Waals surface area contributed by atoms with E-state index < -0.39 is 5.91 Å². The van der Waals surface area contributed by atoms with Crippen LogP contribution in [0.5, 0.6) is 0 Å². The minimum atomic E-state index is -0.520. The lowest BCUT2D eigenvalue weighted by Crippen LogP contribution is -2.27. The lowest BCUT2D eigenvalue weighted by molar-refractivity contribution is -0.0652. The van der Waals surface area contributed by atoms with Crippen molar-refractivity contribution in [2.75, 3.05) is 0 Å². The molecule has 1 amide bonds. The fourth-order valence-electron chi connectivity index (χ4n) is 2.28. The highest BCUT2D eigenvalue weighted by Crippen LogP contribution is 2.18. The van der Waals surface area contributed by atoms with Crippen LogP contribution in [0.4, 0.5) is 0 Å². The highest BCUT2D eigenvalue weighted by Gasteiger charge is 2.15. The van der Waals surface area contributed by atoms with Gasteiger partial charge in [0.25, 0.3) is 5.91 Å². The van der Waals surface area contributed by atoms with Gasteiger partial charge in [-0.05, 0) is 17.2 Å². The predicted molar refractivity (Wildman–Crippen MR) is 87.8 cm³/mol. The number of carbonyl (C=O) groups is 1. The zero-order valence-corrected chi connectivity index (χ0v) is 12.5. The van der Waals surface area contributed by atoms with Crippen molar-refractivity contribution in [2.24, 2.45) is 0 Å². The maximum Gasteiger partial charge on any atom is 0.296 e. The lowest BCUT2D eigenvalue weighted by atomic mass is 10.1. The van der Waals surface area contributed by atoms with Crippen LogP contribution in [0.25, 0.3) is 11.1 Å². The van der Waals surface area contributed by atoms with Crippen molar-refractivity contribution in [1.82, 2.24) is 10.0 Å². The molecule has 4 nitrogen and oxygen atoms in total. The third-order valence-corrected chi connectivity index (χ3v) is 3.50. The SMILES string of the molecule is O=C(c1ccc(-c2ccccc2)cn1)N(O)Cc1ccccc1. The summed E-state index contributed by atoms with van der Waals surface area (Å²) < 4.78 is 0. The largest absolute Gasteiger partial charge is 0.296 e. The second-order valence-electron chi connectivity index (χ2n) is 5.15. The zero-order chi connectivity index (χ0) is 16.1. The molecule has 1 N–H and O–H groups in total. The summed E-state index contributed by atoms with van der Waals surface area (Å²) in [5.41, 5.74) is 3.02. The summed E-state index contributed by atoms with van der Waals surface area (Å²) in [6.07, 6.45) is 1.64. The number of benzene rings is 2. The molecule has 23 heavy (non-hydrogen) atoms. The van der Waals surface area contributed by atoms with Crippen molar-refractivity contribution in [3.63, 3.8) is 0 Å². The molecule has 0 spiro atoms. The molecule has 0 aliphatic heterocycles. The van der Waals surface area contributed by atoms with Crippen molar-refractivity contribution < 1.29 is 10.0 Å². The molecule has 0 aliphatic carbocycles. The molecule has 0 radical (unpaired) electrons. The molecule has 0 fully saturated rings. The van der Waals surface area contributed by atoms with E-state index in [1.165, 1.54) is 0 Å². The van der Waals surface area contributed by atoms with E-state index in [1.807, 2.05) is 66.7 Å². The molecule has 3 aromatic rings. The highest BCUT2D eigenvalue weighted by atomic mass is 16.5. The average Bonchev–Trinajstić information content (AvgIpc) is 2.63. The highest BCUT2D eigenvalue weighted by molar-refractivity contribution is 5.91. The summed E-state index contributed by atoms with van der Waals surface area (Å²) in [5.74, 6) is -0.520. The van der Waals surface area contributed by atoms with E-state index in [0.717, 1.165) is 16.7 Å². The monoisotopic (exact) mass is 304 g/mol. The van der Waals surface area contributed by atoms with E-state index in [0.29, 0.717) is 5.06 Å². The Labute approximate surface area is 134 Å². The second kappa shape index (κ2) is 6.85. The topological polar surface area (TPSA) is 53.4 Å². The Hall–Kier alpha value is -2.98. The van der Waals surface area contributed by atoms with Gasteiger partial charge in [-0.3, -0.25) is 15.0 Å². The quantitative estimate of drug-likeness (QED) is 0.589. The average molecular weight is 304 g/mol. The van der Waals surface area contributed by atoms with Gasteiger partial charge in [-0.15, -0.1) is 0 Å². The molecular formula is C19H16N2O2. The van der Waals surface area contributed by atoms with Gasteiger partial charge in [0.15, 0.2) is 0 Å². The number of nitrogens with zero attached hydrogens (tertiary/aromatic N) is 2. The third-order valence-electron chi connectivity index (χ3n) is 3.50. The lowest BCUT2D eigenvalue weighted by Gasteiger charge is -2.14. The summed E-state index contributed by atoms with van der Waals surface area (Å²) in [6, 6.07) is 22.6. The van der Waals surface area contributed by atoms with Crippen molar-refractivity contribution >= 4 is 5.91 Å². The molecule has 4 heteroatoms. The van der Waals surface area contributed by atoms with Crippen molar-refractivity contribution in [3.8, 4) is 11.1 Å².